The molecule has 1 aromatic heterocycles. The van der Waals surface area contributed by atoms with Crippen molar-refractivity contribution in [3.05, 3.63) is 40.6 Å². The number of hydrogen-bond donors (Lipinski definition) is 1. The van der Waals surface area contributed by atoms with Crippen molar-refractivity contribution < 1.29 is 14.8 Å². The van der Waals surface area contributed by atoms with E-state index in [0.717, 1.165) is 25.1 Å². The molecule has 0 aliphatic heterocycles. The normalized spacial score (nSPS) is 9.95. The largest absolute Gasteiger partial charge is 0.478 e. The number of nitro groups is 1. The standard InChI is InChI=1S/C12H15N3O4/c1-3-4-5-6-14(2)11-10(15(18)19)7-9(8-13-11)12(16)17/h3,7-8H,1,4-6H2,2H3,(H,16,17). The molecule has 1 N–H and O–H groups in total. The van der Waals surface area contributed by atoms with Crippen molar-refractivity contribution in [2.75, 3.05) is 18.5 Å². The van der Waals surface area contributed by atoms with Gasteiger partial charge in [0, 0.05) is 25.9 Å². The molecule has 0 saturated carbocycles. The van der Waals surface area contributed by atoms with Crippen molar-refractivity contribution in [3.8, 4) is 0 Å². The first-order valence-electron chi connectivity index (χ1n) is 5.67. The summed E-state index contributed by atoms with van der Waals surface area (Å²) in [5, 5.41) is 19.8. The number of carboxylic acids is 1. The van der Waals surface area contributed by atoms with Crippen LogP contribution < -0.4 is 4.90 Å². The molecule has 0 spiro atoms. The van der Waals surface area contributed by atoms with Gasteiger partial charge in [0.25, 0.3) is 0 Å². The molecule has 1 aromatic rings. The van der Waals surface area contributed by atoms with E-state index in [1.807, 2.05) is 0 Å². The Hall–Kier alpha value is -2.44. The average molecular weight is 265 g/mol. The highest BCUT2D eigenvalue weighted by Crippen LogP contribution is 2.25. The molecule has 0 amide bonds. The van der Waals surface area contributed by atoms with Gasteiger partial charge in [0.05, 0.1) is 10.5 Å². The second-order valence-electron chi connectivity index (χ2n) is 3.98. The molecule has 0 saturated heterocycles. The number of pyridine rings is 1. The van der Waals surface area contributed by atoms with Crippen LogP contribution in [0.3, 0.4) is 0 Å². The number of hydrogen-bond acceptors (Lipinski definition) is 5. The maximum absolute atomic E-state index is 11.0. The van der Waals surface area contributed by atoms with Crippen molar-refractivity contribution in [2.45, 2.75) is 12.8 Å². The zero-order valence-electron chi connectivity index (χ0n) is 10.6. The fraction of sp³-hybridized carbons (Fsp3) is 0.333. The van der Waals surface area contributed by atoms with Crippen molar-refractivity contribution in [2.24, 2.45) is 0 Å². The minimum Gasteiger partial charge on any atom is -0.478 e. The molecule has 0 aliphatic carbocycles. The Kier molecular flexibility index (Phi) is 4.99. The van der Waals surface area contributed by atoms with Crippen LogP contribution in [0.2, 0.25) is 0 Å². The number of nitrogens with zero attached hydrogens (tertiary/aromatic N) is 3. The van der Waals surface area contributed by atoms with Gasteiger partial charge in [0.15, 0.2) is 0 Å². The van der Waals surface area contributed by atoms with Gasteiger partial charge in [-0.1, -0.05) is 6.08 Å². The van der Waals surface area contributed by atoms with E-state index in [4.69, 9.17) is 5.11 Å². The summed E-state index contributed by atoms with van der Waals surface area (Å²) >= 11 is 0. The Labute approximate surface area is 110 Å². The predicted molar refractivity (Wildman–Crippen MR) is 70.6 cm³/mol. The summed E-state index contributed by atoms with van der Waals surface area (Å²) in [6.45, 7) is 4.18. The summed E-state index contributed by atoms with van der Waals surface area (Å²) in [6, 6.07) is 1.02. The molecule has 0 atom stereocenters. The van der Waals surface area contributed by atoms with Crippen molar-refractivity contribution in [3.63, 3.8) is 0 Å². The van der Waals surface area contributed by atoms with E-state index < -0.39 is 10.9 Å². The highest BCUT2D eigenvalue weighted by Gasteiger charge is 2.21. The molecule has 0 bridgehead atoms. The molecule has 7 nitrogen and oxygen atoms in total. The van der Waals surface area contributed by atoms with Crippen LogP contribution in [-0.2, 0) is 0 Å². The third-order valence-corrected chi connectivity index (χ3v) is 2.55. The van der Waals surface area contributed by atoms with Gasteiger partial charge in [-0.15, -0.1) is 6.58 Å². The third kappa shape index (κ3) is 3.77. The van der Waals surface area contributed by atoms with E-state index in [1.165, 1.54) is 0 Å². The van der Waals surface area contributed by atoms with E-state index in [1.54, 1.807) is 18.0 Å². The van der Waals surface area contributed by atoms with E-state index >= 15 is 0 Å². The molecule has 0 fully saturated rings. The van der Waals surface area contributed by atoms with Gasteiger partial charge in [-0.3, -0.25) is 10.1 Å². The maximum atomic E-state index is 11.0. The van der Waals surface area contributed by atoms with E-state index in [9.17, 15) is 14.9 Å². The molecule has 102 valence electrons. The molecule has 0 aliphatic rings. The average Bonchev–Trinajstić information content (AvgIpc) is 2.38. The molecule has 1 rings (SSSR count). The first kappa shape index (κ1) is 14.6. The van der Waals surface area contributed by atoms with Crippen LogP contribution in [0.4, 0.5) is 11.5 Å². The molecular weight excluding hydrogens is 250 g/mol. The Morgan fingerprint density at radius 2 is 2.37 bits per heavy atom. The number of unbranched alkanes of at least 4 members (excludes halogenated alkanes) is 1. The highest BCUT2D eigenvalue weighted by atomic mass is 16.6. The predicted octanol–water partition coefficient (Wildman–Crippen LogP) is 2.09. The minimum absolute atomic E-state index is 0.166. The van der Waals surface area contributed by atoms with E-state index in [0.29, 0.717) is 6.54 Å². The van der Waals surface area contributed by atoms with Crippen LogP contribution in [-0.4, -0.2) is 34.6 Å². The molecule has 0 aromatic carbocycles. The lowest BCUT2D eigenvalue weighted by atomic mass is 10.2. The fourth-order valence-corrected chi connectivity index (χ4v) is 1.57. The highest BCUT2D eigenvalue weighted by molar-refractivity contribution is 5.88. The van der Waals surface area contributed by atoms with Gasteiger partial charge < -0.3 is 10.0 Å². The number of rotatable bonds is 7. The lowest BCUT2D eigenvalue weighted by Crippen LogP contribution is -2.21. The third-order valence-electron chi connectivity index (χ3n) is 2.55. The van der Waals surface area contributed by atoms with Crippen LogP contribution >= 0.6 is 0 Å². The summed E-state index contributed by atoms with van der Waals surface area (Å²) < 4.78 is 0. The zero-order chi connectivity index (χ0) is 14.4. The van der Waals surface area contributed by atoms with Crippen LogP contribution in [0.5, 0.6) is 0 Å². The van der Waals surface area contributed by atoms with Gasteiger partial charge in [-0.2, -0.15) is 0 Å². The van der Waals surface area contributed by atoms with E-state index in [-0.39, 0.29) is 17.1 Å². The van der Waals surface area contributed by atoms with Gasteiger partial charge in [-0.05, 0) is 12.8 Å². The fourth-order valence-electron chi connectivity index (χ4n) is 1.57. The number of anilines is 1. The number of aromatic nitrogens is 1. The quantitative estimate of drug-likeness (QED) is 0.351. The van der Waals surface area contributed by atoms with Gasteiger partial charge in [-0.25, -0.2) is 9.78 Å². The minimum atomic E-state index is -1.24. The number of carboxylic acid groups (broad SMARTS) is 1. The molecule has 1 heterocycles. The van der Waals surface area contributed by atoms with Gasteiger partial charge in [0.2, 0.25) is 5.82 Å². The van der Waals surface area contributed by atoms with Crippen LogP contribution in [0.1, 0.15) is 23.2 Å². The number of allylic oxidation sites excluding steroid dienone is 1. The smallest absolute Gasteiger partial charge is 0.337 e. The lowest BCUT2D eigenvalue weighted by molar-refractivity contribution is -0.384. The first-order valence-corrected chi connectivity index (χ1v) is 5.67. The molecular formula is C12H15N3O4. The number of aromatic carboxylic acids is 1. The second kappa shape index (κ2) is 6.48. The van der Waals surface area contributed by atoms with E-state index in [2.05, 4.69) is 11.6 Å². The van der Waals surface area contributed by atoms with Crippen LogP contribution in [0.25, 0.3) is 0 Å². The SMILES string of the molecule is C=CCCCN(C)c1ncc(C(=O)O)cc1[N+](=O)[O-]. The topological polar surface area (TPSA) is 96.6 Å². The van der Waals surface area contributed by atoms with Crippen molar-refractivity contribution in [1.82, 2.24) is 4.98 Å². The molecule has 0 unspecified atom stereocenters. The first-order chi connectivity index (χ1) is 8.97. The zero-order valence-corrected chi connectivity index (χ0v) is 10.6. The Morgan fingerprint density at radius 1 is 1.68 bits per heavy atom. The monoisotopic (exact) mass is 265 g/mol. The lowest BCUT2D eigenvalue weighted by Gasteiger charge is -2.17. The van der Waals surface area contributed by atoms with Gasteiger partial charge >= 0.3 is 11.7 Å². The Bertz CT molecular complexity index is 502. The Morgan fingerprint density at radius 3 is 2.89 bits per heavy atom. The van der Waals surface area contributed by atoms with Crippen LogP contribution in [0.15, 0.2) is 24.9 Å². The molecule has 0 radical (unpaired) electrons. The maximum Gasteiger partial charge on any atom is 0.337 e. The summed E-state index contributed by atoms with van der Waals surface area (Å²) in [4.78, 5) is 26.6. The summed E-state index contributed by atoms with van der Waals surface area (Å²) in [5.74, 6) is -1.07. The Balaban J connectivity index is 3.02. The van der Waals surface area contributed by atoms with Gasteiger partial charge in [0.1, 0.15) is 0 Å². The second-order valence-corrected chi connectivity index (χ2v) is 3.98. The molecule has 19 heavy (non-hydrogen) atoms. The number of carbonyl (C=O) groups is 1. The van der Waals surface area contributed by atoms with Crippen molar-refractivity contribution in [1.29, 1.82) is 0 Å². The summed E-state index contributed by atoms with van der Waals surface area (Å²) in [6.07, 6.45) is 4.47. The molecule has 7 heteroatoms. The van der Waals surface area contributed by atoms with Crippen LogP contribution in [0, 0.1) is 10.1 Å². The summed E-state index contributed by atoms with van der Waals surface area (Å²) in [5.41, 5.74) is -0.504. The summed E-state index contributed by atoms with van der Waals surface area (Å²) in [7, 11) is 1.68. The van der Waals surface area contributed by atoms with Crippen molar-refractivity contribution >= 4 is 17.5 Å².